The van der Waals surface area contributed by atoms with Crippen molar-refractivity contribution >= 4 is 51.6 Å². The summed E-state index contributed by atoms with van der Waals surface area (Å²) in [6, 6.07) is 14.1. The molecule has 0 radical (unpaired) electrons. The van der Waals surface area contributed by atoms with Crippen molar-refractivity contribution < 1.29 is 0 Å². The highest BCUT2D eigenvalue weighted by Gasteiger charge is 2.01. The van der Waals surface area contributed by atoms with E-state index in [0.29, 0.717) is 5.02 Å². The first kappa shape index (κ1) is 13.1. The Balaban J connectivity index is 2.04. The lowest BCUT2D eigenvalue weighted by atomic mass is 10.2. The lowest BCUT2D eigenvalue weighted by Crippen LogP contribution is -1.89. The monoisotopic (exact) mass is 375 g/mol. The van der Waals surface area contributed by atoms with Crippen LogP contribution in [0.15, 0.2) is 47.4 Å². The van der Waals surface area contributed by atoms with Crippen LogP contribution in [0.5, 0.6) is 0 Å². The average Bonchev–Trinajstić information content (AvgIpc) is 2.30. The Bertz CT molecular complexity index is 513. The second-order valence-corrected chi connectivity index (χ2v) is 6.30. The van der Waals surface area contributed by atoms with Crippen LogP contribution in [0.3, 0.4) is 0 Å². The lowest BCUT2D eigenvalue weighted by Gasteiger charge is -2.06. The van der Waals surface area contributed by atoms with E-state index in [2.05, 4.69) is 46.9 Å². The van der Waals surface area contributed by atoms with Crippen LogP contribution in [0.2, 0.25) is 5.02 Å². The van der Waals surface area contributed by atoms with E-state index < -0.39 is 0 Å². The molecule has 2 N–H and O–H groups in total. The van der Waals surface area contributed by atoms with Gasteiger partial charge in [0, 0.05) is 24.9 Å². The topological polar surface area (TPSA) is 26.0 Å². The molecule has 0 amide bonds. The zero-order valence-corrected chi connectivity index (χ0v) is 12.7. The molecule has 88 valence electrons. The van der Waals surface area contributed by atoms with Crippen molar-refractivity contribution in [3.05, 3.63) is 56.6 Å². The molecule has 0 saturated carbocycles. The third-order valence-electron chi connectivity index (χ3n) is 2.28. The Labute approximate surface area is 124 Å². The van der Waals surface area contributed by atoms with Crippen molar-refractivity contribution in [2.45, 2.75) is 10.6 Å². The second kappa shape index (κ2) is 5.98. The Morgan fingerprint density at radius 1 is 1.12 bits per heavy atom. The highest BCUT2D eigenvalue weighted by molar-refractivity contribution is 14.1. The summed E-state index contributed by atoms with van der Waals surface area (Å²) in [5.41, 5.74) is 7.94. The fourth-order valence-corrected chi connectivity index (χ4v) is 2.84. The first-order chi connectivity index (χ1) is 8.15. The van der Waals surface area contributed by atoms with Gasteiger partial charge in [0.25, 0.3) is 0 Å². The Morgan fingerprint density at radius 2 is 1.82 bits per heavy atom. The van der Waals surface area contributed by atoms with Crippen molar-refractivity contribution in [3.63, 3.8) is 0 Å². The minimum Gasteiger partial charge on any atom is -0.398 e. The number of halogens is 2. The predicted molar refractivity (Wildman–Crippen MR) is 84.6 cm³/mol. The molecule has 0 unspecified atom stereocenters. The highest BCUT2D eigenvalue weighted by atomic mass is 127. The molecule has 0 aliphatic rings. The predicted octanol–water partition coefficient (Wildman–Crippen LogP) is 4.82. The highest BCUT2D eigenvalue weighted by Crippen LogP contribution is 2.30. The molecule has 2 aromatic rings. The van der Waals surface area contributed by atoms with Crippen molar-refractivity contribution in [1.29, 1.82) is 0 Å². The summed E-state index contributed by atoms with van der Waals surface area (Å²) < 4.78 is 1.25. The molecule has 17 heavy (non-hydrogen) atoms. The van der Waals surface area contributed by atoms with E-state index >= 15 is 0 Å². The van der Waals surface area contributed by atoms with Gasteiger partial charge < -0.3 is 5.73 Å². The quantitative estimate of drug-likeness (QED) is 0.473. The van der Waals surface area contributed by atoms with Crippen LogP contribution >= 0.6 is 46.0 Å². The molecular formula is C13H11ClINS. The molecule has 0 aliphatic heterocycles. The first-order valence-electron chi connectivity index (χ1n) is 5.07. The van der Waals surface area contributed by atoms with E-state index in [9.17, 15) is 0 Å². The van der Waals surface area contributed by atoms with E-state index in [1.54, 1.807) is 17.8 Å². The van der Waals surface area contributed by atoms with Crippen LogP contribution in [-0.4, -0.2) is 0 Å². The molecule has 2 aromatic carbocycles. The standard InChI is InChI=1S/C13H11ClINS/c14-10-3-6-13(12(16)7-10)17-8-9-1-4-11(15)5-2-9/h1-7H,8,16H2. The zero-order valence-electron chi connectivity index (χ0n) is 8.99. The third kappa shape index (κ3) is 3.79. The Morgan fingerprint density at radius 3 is 2.47 bits per heavy atom. The second-order valence-electron chi connectivity index (χ2n) is 3.60. The number of rotatable bonds is 3. The summed E-state index contributed by atoms with van der Waals surface area (Å²) in [7, 11) is 0. The Kier molecular flexibility index (Phi) is 4.59. The summed E-state index contributed by atoms with van der Waals surface area (Å²) in [5.74, 6) is 0.919. The van der Waals surface area contributed by atoms with Crippen LogP contribution in [-0.2, 0) is 5.75 Å². The van der Waals surface area contributed by atoms with Gasteiger partial charge in [0.05, 0.1) is 0 Å². The van der Waals surface area contributed by atoms with Gasteiger partial charge in [-0.3, -0.25) is 0 Å². The molecular weight excluding hydrogens is 365 g/mol. The van der Waals surface area contributed by atoms with E-state index in [1.165, 1.54) is 9.13 Å². The maximum Gasteiger partial charge on any atom is 0.0467 e. The van der Waals surface area contributed by atoms with Crippen molar-refractivity contribution in [2.75, 3.05) is 5.73 Å². The minimum atomic E-state index is 0.682. The number of thioether (sulfide) groups is 1. The van der Waals surface area contributed by atoms with Crippen molar-refractivity contribution in [3.8, 4) is 0 Å². The largest absolute Gasteiger partial charge is 0.398 e. The maximum absolute atomic E-state index is 5.90. The van der Waals surface area contributed by atoms with Gasteiger partial charge >= 0.3 is 0 Å². The fourth-order valence-electron chi connectivity index (χ4n) is 1.39. The maximum atomic E-state index is 5.90. The Hall–Kier alpha value is -0.390. The summed E-state index contributed by atoms with van der Waals surface area (Å²) in [6.07, 6.45) is 0. The fraction of sp³-hybridized carbons (Fsp3) is 0.0769. The van der Waals surface area contributed by atoms with Gasteiger partial charge in [-0.2, -0.15) is 0 Å². The van der Waals surface area contributed by atoms with E-state index in [0.717, 1.165) is 16.3 Å². The number of hydrogen-bond donors (Lipinski definition) is 1. The van der Waals surface area contributed by atoms with Crippen molar-refractivity contribution in [1.82, 2.24) is 0 Å². The molecule has 0 aliphatic carbocycles. The molecule has 2 rings (SSSR count). The molecule has 0 saturated heterocycles. The molecule has 0 heterocycles. The molecule has 4 heteroatoms. The van der Waals surface area contributed by atoms with Gasteiger partial charge in [0.2, 0.25) is 0 Å². The first-order valence-corrected chi connectivity index (χ1v) is 7.51. The van der Waals surface area contributed by atoms with Gasteiger partial charge in [-0.1, -0.05) is 23.7 Å². The summed E-state index contributed by atoms with van der Waals surface area (Å²) in [5, 5.41) is 0.682. The van der Waals surface area contributed by atoms with Gasteiger partial charge in [-0.25, -0.2) is 0 Å². The number of nitrogen functional groups attached to an aromatic ring is 1. The molecule has 1 nitrogen and oxygen atoms in total. The van der Waals surface area contributed by atoms with Crippen molar-refractivity contribution in [2.24, 2.45) is 0 Å². The molecule has 0 spiro atoms. The van der Waals surface area contributed by atoms with Gasteiger partial charge in [0.1, 0.15) is 0 Å². The number of nitrogens with two attached hydrogens (primary N) is 1. The van der Waals surface area contributed by atoms with Gasteiger partial charge in [-0.05, 0) is 58.5 Å². The molecule has 0 bridgehead atoms. The van der Waals surface area contributed by atoms with E-state index in [4.69, 9.17) is 17.3 Å². The smallest absolute Gasteiger partial charge is 0.0467 e. The molecule has 0 fully saturated rings. The zero-order chi connectivity index (χ0) is 12.3. The normalized spacial score (nSPS) is 10.5. The number of benzene rings is 2. The average molecular weight is 376 g/mol. The van der Waals surface area contributed by atoms with Gasteiger partial charge in [0.15, 0.2) is 0 Å². The van der Waals surface area contributed by atoms with Crippen LogP contribution in [0, 0.1) is 3.57 Å². The van der Waals surface area contributed by atoms with Crippen LogP contribution in [0.25, 0.3) is 0 Å². The van der Waals surface area contributed by atoms with Crippen LogP contribution in [0.1, 0.15) is 5.56 Å². The SMILES string of the molecule is Nc1cc(Cl)ccc1SCc1ccc(I)cc1. The van der Waals surface area contributed by atoms with E-state index in [-0.39, 0.29) is 0 Å². The van der Waals surface area contributed by atoms with Gasteiger partial charge in [-0.15, -0.1) is 11.8 Å². The molecule has 0 aromatic heterocycles. The number of anilines is 1. The minimum absolute atomic E-state index is 0.682. The van der Waals surface area contributed by atoms with Crippen LogP contribution < -0.4 is 5.73 Å². The molecule has 0 atom stereocenters. The summed E-state index contributed by atoms with van der Waals surface area (Å²) in [6.45, 7) is 0. The third-order valence-corrected chi connectivity index (χ3v) is 4.39. The summed E-state index contributed by atoms with van der Waals surface area (Å²) in [4.78, 5) is 1.08. The van der Waals surface area contributed by atoms with E-state index in [1.807, 2.05) is 12.1 Å². The lowest BCUT2D eigenvalue weighted by molar-refractivity contribution is 1.38. The number of hydrogen-bond acceptors (Lipinski definition) is 2. The summed E-state index contributed by atoms with van der Waals surface area (Å²) >= 11 is 9.89. The van der Waals surface area contributed by atoms with Crippen LogP contribution in [0.4, 0.5) is 5.69 Å².